The summed E-state index contributed by atoms with van der Waals surface area (Å²) in [4.78, 5) is 8.44. The van der Waals surface area contributed by atoms with Crippen molar-refractivity contribution in [2.75, 3.05) is 0 Å². The topological polar surface area (TPSA) is 29.4 Å². The molecule has 0 aromatic rings. The number of nitroso groups, excluding NO2 is 1. The van der Waals surface area contributed by atoms with Crippen LogP contribution in [0.25, 0.3) is 0 Å². The molecule has 4 heavy (non-hydrogen) atoms. The van der Waals surface area contributed by atoms with Gasteiger partial charge in [0.15, 0.2) is 0 Å². The van der Waals surface area contributed by atoms with Gasteiger partial charge < -0.3 is 0 Å². The quantitative estimate of drug-likeness (QED) is 0.325. The Bertz CT molecular complexity index is 15.5. The van der Waals surface area contributed by atoms with E-state index in [2.05, 4.69) is 7.05 Å². The largest absolute Gasteiger partial charge is 2.00 e. The van der Waals surface area contributed by atoms with Gasteiger partial charge in [-0.15, -0.1) is 0 Å². The Morgan fingerprint density at radius 3 is 1.75 bits per heavy atom. The van der Waals surface area contributed by atoms with E-state index in [0.717, 1.165) is 0 Å². The summed E-state index contributed by atoms with van der Waals surface area (Å²) < 4.78 is 0. The van der Waals surface area contributed by atoms with Crippen LogP contribution in [0.2, 0.25) is 0 Å². The van der Waals surface area contributed by atoms with Crippen LogP contribution in [0.15, 0.2) is 5.18 Å². The van der Waals surface area contributed by atoms with Gasteiger partial charge in [0.05, 0.1) is 0 Å². The van der Waals surface area contributed by atoms with Crippen molar-refractivity contribution in [3.8, 4) is 0 Å². The summed E-state index contributed by atoms with van der Waals surface area (Å²) in [7, 11) is 2.56. The van der Waals surface area contributed by atoms with Crippen LogP contribution in [0.5, 0.6) is 0 Å². The summed E-state index contributed by atoms with van der Waals surface area (Å²) in [6.07, 6.45) is 0. The van der Waals surface area contributed by atoms with Crippen molar-refractivity contribution >= 4 is 0 Å². The Morgan fingerprint density at radius 1 is 1.75 bits per heavy atom. The first-order valence-electron chi connectivity index (χ1n) is 0.499. The molecule has 0 bridgehead atoms. The molecule has 0 fully saturated rings. The Kier molecular flexibility index (Phi) is 27.5. The van der Waals surface area contributed by atoms with Gasteiger partial charge in [-0.05, 0) is 0 Å². The maximum atomic E-state index is 8.44. The molecule has 0 saturated heterocycles. The van der Waals surface area contributed by atoms with Gasteiger partial charge in [0.2, 0.25) is 0 Å². The third-order valence-electron chi connectivity index (χ3n) is 0. The van der Waals surface area contributed by atoms with Crippen molar-refractivity contribution in [1.29, 1.82) is 0 Å². The van der Waals surface area contributed by atoms with E-state index in [9.17, 15) is 0 Å². The van der Waals surface area contributed by atoms with Crippen LogP contribution in [0, 0.1) is 12.0 Å². The number of rotatable bonds is 0. The normalized spacial score (nSPS) is 3.00. The van der Waals surface area contributed by atoms with Gasteiger partial charge in [0.25, 0.3) is 0 Å². The zero-order valence-electron chi connectivity index (χ0n) is 1.90. The fourth-order valence-electron chi connectivity index (χ4n) is 0. The smallest absolute Gasteiger partial charge is 0.252 e. The Labute approximate surface area is 34.8 Å². The fourth-order valence-corrected chi connectivity index (χ4v) is 0. The minimum Gasteiger partial charge on any atom is -0.252 e. The van der Waals surface area contributed by atoms with E-state index in [1.54, 1.807) is 0 Å². The average Bonchev–Trinajstić information content (AvgIpc) is 0.918. The predicted molar refractivity (Wildman–Crippen MR) is 11.2 cm³/mol. The summed E-state index contributed by atoms with van der Waals surface area (Å²) in [5.74, 6) is 0. The summed E-state index contributed by atoms with van der Waals surface area (Å²) in [5, 5.41) is 2.00. The minimum absolute atomic E-state index is 0. The minimum atomic E-state index is 0. The maximum absolute atomic E-state index is 8.44. The van der Waals surface area contributed by atoms with Crippen molar-refractivity contribution < 1.29 is 16.8 Å². The predicted octanol–water partition coefficient (Wildman–Crippen LogP) is 0.542. The molecule has 0 atom stereocenters. The molecule has 2 nitrogen and oxygen atoms in total. The van der Waals surface area contributed by atoms with E-state index in [1.165, 1.54) is 0 Å². The van der Waals surface area contributed by atoms with Crippen LogP contribution in [0.3, 0.4) is 0 Å². The summed E-state index contributed by atoms with van der Waals surface area (Å²) in [6, 6.07) is 0. The van der Waals surface area contributed by atoms with Gasteiger partial charge in [0, 0.05) is 0 Å². The maximum Gasteiger partial charge on any atom is 2.00 e. The van der Waals surface area contributed by atoms with E-state index in [0.29, 0.717) is 0 Å². The molecule has 3 heteroatoms. The van der Waals surface area contributed by atoms with Crippen LogP contribution >= 0.6 is 0 Å². The van der Waals surface area contributed by atoms with Gasteiger partial charge in [-0.3, -0.25) is 7.05 Å². The molecule has 0 aliphatic heterocycles. The van der Waals surface area contributed by atoms with Crippen molar-refractivity contribution in [2.24, 2.45) is 5.18 Å². The summed E-state index contributed by atoms with van der Waals surface area (Å²) >= 11 is 0. The van der Waals surface area contributed by atoms with Crippen molar-refractivity contribution in [2.45, 2.75) is 0 Å². The molecule has 1 radical (unpaired) electrons. The molecule has 0 aliphatic carbocycles. The van der Waals surface area contributed by atoms with E-state index in [-0.39, 0.29) is 16.8 Å². The molecule has 0 heterocycles. The van der Waals surface area contributed by atoms with Crippen LogP contribution in [-0.2, 0) is 16.8 Å². The van der Waals surface area contributed by atoms with Crippen molar-refractivity contribution in [1.82, 2.24) is 0 Å². The van der Waals surface area contributed by atoms with Gasteiger partial charge in [-0.2, -0.15) is 4.91 Å². The molecule has 0 N–H and O–H groups in total. The summed E-state index contributed by atoms with van der Waals surface area (Å²) in [6.45, 7) is 0. The van der Waals surface area contributed by atoms with E-state index < -0.39 is 0 Å². The summed E-state index contributed by atoms with van der Waals surface area (Å²) in [5.41, 5.74) is 0. The first kappa shape index (κ1) is 9.02. The van der Waals surface area contributed by atoms with Crippen LogP contribution in [0.4, 0.5) is 0 Å². The zero-order chi connectivity index (χ0) is 2.71. The first-order chi connectivity index (χ1) is 1.41. The van der Waals surface area contributed by atoms with Gasteiger partial charge in [-0.25, -0.2) is 5.18 Å². The van der Waals surface area contributed by atoms with Crippen LogP contribution in [-0.4, -0.2) is 0 Å². The van der Waals surface area contributed by atoms with E-state index in [4.69, 9.17) is 4.91 Å². The number of hydrogen-bond acceptors (Lipinski definition) is 2. The fraction of sp³-hybridized carbons (Fsp3) is 0. The Balaban J connectivity index is 0. The third kappa shape index (κ3) is 3410. The van der Waals surface area contributed by atoms with Gasteiger partial charge in [-0.1, -0.05) is 0 Å². The van der Waals surface area contributed by atoms with Gasteiger partial charge in [0.1, 0.15) is 0 Å². The molecule has 0 aliphatic rings. The molecule has 25 valence electrons. The molecule has 0 rings (SSSR count). The van der Waals surface area contributed by atoms with Crippen LogP contribution in [0.1, 0.15) is 0 Å². The van der Waals surface area contributed by atoms with E-state index >= 15 is 0 Å². The molecule has 0 spiro atoms. The molecular weight excluding hydrogens is 101 g/mol. The average molecular weight is 103 g/mol. The second-order valence-electron chi connectivity index (χ2n) is 0.129. The van der Waals surface area contributed by atoms with Crippen molar-refractivity contribution in [3.63, 3.8) is 0 Å². The SMILES string of the molecule is [CH2-]N=O.[Co+2]. The van der Waals surface area contributed by atoms with Crippen LogP contribution < -0.4 is 0 Å². The number of hydrogen-bond donors (Lipinski definition) is 0. The second-order valence-corrected chi connectivity index (χ2v) is 0.129. The Hall–Kier alpha value is -0.0235. The molecule has 0 aromatic carbocycles. The standard InChI is InChI=1S/CH2NO.Co/c1-2-3;/h1H2;/q-1;+2. The molecular formula is CH2CoNO+. The monoisotopic (exact) mass is 103 g/mol. The van der Waals surface area contributed by atoms with Gasteiger partial charge >= 0.3 is 16.8 Å². The molecule has 0 unspecified atom stereocenters. The molecule has 0 saturated carbocycles. The molecule has 0 aromatic heterocycles. The molecule has 0 amide bonds. The second kappa shape index (κ2) is 12.2. The van der Waals surface area contributed by atoms with E-state index in [1.807, 2.05) is 5.18 Å². The number of nitrogens with zero attached hydrogens (tertiary/aromatic N) is 1. The third-order valence-corrected chi connectivity index (χ3v) is 0. The Morgan fingerprint density at radius 2 is 1.75 bits per heavy atom. The van der Waals surface area contributed by atoms with Crippen molar-refractivity contribution in [3.05, 3.63) is 12.0 Å². The first-order valence-corrected chi connectivity index (χ1v) is 0.499. The zero-order valence-corrected chi connectivity index (χ0v) is 2.94.